The van der Waals surface area contributed by atoms with Gasteiger partial charge in [0.05, 0.1) is 11.8 Å². The molecule has 1 aromatic rings. The van der Waals surface area contributed by atoms with E-state index in [-0.39, 0.29) is 5.60 Å². The molecule has 1 heterocycles. The Labute approximate surface area is 95.8 Å². The number of aryl methyl sites for hydroxylation is 1. The minimum atomic E-state index is -0.150. The second kappa shape index (κ2) is 5.52. The fourth-order valence-corrected chi connectivity index (χ4v) is 1.17. The van der Waals surface area contributed by atoms with Gasteiger partial charge >= 0.3 is 0 Å². The van der Waals surface area contributed by atoms with Crippen LogP contribution in [-0.2, 0) is 17.8 Å². The maximum Gasteiger partial charge on any atom is 0.194 e. The lowest BCUT2D eigenvalue weighted by atomic mass is 10.2. The lowest BCUT2D eigenvalue weighted by Crippen LogP contribution is -2.18. The highest BCUT2D eigenvalue weighted by Crippen LogP contribution is 2.13. The Balaban J connectivity index is 2.39. The fraction of sp³-hybridized carbons (Fsp3) is 0.727. The third-order valence-electron chi connectivity index (χ3n) is 1.77. The lowest BCUT2D eigenvalue weighted by molar-refractivity contribution is -0.0227. The normalized spacial score (nSPS) is 12.0. The largest absolute Gasteiger partial charge is 0.443 e. The zero-order chi connectivity index (χ0) is 11.3. The van der Waals surface area contributed by atoms with E-state index in [1.165, 1.54) is 0 Å². The van der Waals surface area contributed by atoms with Crippen molar-refractivity contribution in [3.05, 3.63) is 17.8 Å². The number of ether oxygens (including phenoxy) is 1. The molecule has 0 saturated heterocycles. The Morgan fingerprint density at radius 2 is 2.20 bits per heavy atom. The third kappa shape index (κ3) is 5.19. The second-order valence-electron chi connectivity index (χ2n) is 4.41. The molecule has 1 aromatic heterocycles. The molecule has 0 aromatic carbocycles. The van der Waals surface area contributed by atoms with Gasteiger partial charge in [0.15, 0.2) is 5.89 Å². The quantitative estimate of drug-likeness (QED) is 0.731. The second-order valence-corrected chi connectivity index (χ2v) is 4.79. The van der Waals surface area contributed by atoms with E-state index in [2.05, 4.69) is 4.98 Å². The smallest absolute Gasteiger partial charge is 0.194 e. The molecule has 0 bridgehead atoms. The summed E-state index contributed by atoms with van der Waals surface area (Å²) < 4.78 is 11.1. The molecule has 0 unspecified atom stereocenters. The minimum Gasteiger partial charge on any atom is -0.443 e. The van der Waals surface area contributed by atoms with Crippen LogP contribution in [-0.4, -0.2) is 16.5 Å². The van der Waals surface area contributed by atoms with Gasteiger partial charge in [0.1, 0.15) is 12.4 Å². The van der Waals surface area contributed by atoms with Gasteiger partial charge in [-0.05, 0) is 27.2 Å². The molecule has 0 N–H and O–H groups in total. The van der Waals surface area contributed by atoms with Crippen LogP contribution in [0.15, 0.2) is 10.6 Å². The van der Waals surface area contributed by atoms with Gasteiger partial charge in [-0.3, -0.25) is 0 Å². The summed E-state index contributed by atoms with van der Waals surface area (Å²) in [5.41, 5.74) is -0.150. The van der Waals surface area contributed by atoms with E-state index in [9.17, 15) is 0 Å². The van der Waals surface area contributed by atoms with Gasteiger partial charge in [0.2, 0.25) is 0 Å². The van der Waals surface area contributed by atoms with Gasteiger partial charge in [0, 0.05) is 12.3 Å². The molecule has 0 fully saturated rings. The van der Waals surface area contributed by atoms with Crippen LogP contribution in [0.1, 0.15) is 38.8 Å². The summed E-state index contributed by atoms with van der Waals surface area (Å²) in [4.78, 5) is 4.15. The molecule has 0 aliphatic rings. The highest BCUT2D eigenvalue weighted by atomic mass is 35.5. The first kappa shape index (κ1) is 12.5. The zero-order valence-electron chi connectivity index (χ0n) is 9.55. The Morgan fingerprint density at radius 1 is 1.47 bits per heavy atom. The summed E-state index contributed by atoms with van der Waals surface area (Å²) in [5.74, 6) is 2.15. The van der Waals surface area contributed by atoms with Crippen LogP contribution in [0.3, 0.4) is 0 Å². The van der Waals surface area contributed by atoms with Crippen molar-refractivity contribution in [2.45, 2.75) is 45.8 Å². The topological polar surface area (TPSA) is 35.3 Å². The van der Waals surface area contributed by atoms with Gasteiger partial charge in [-0.2, -0.15) is 0 Å². The molecule has 86 valence electrons. The number of hydrogen-bond acceptors (Lipinski definition) is 3. The number of rotatable bonds is 5. The van der Waals surface area contributed by atoms with Crippen LogP contribution in [0.4, 0.5) is 0 Å². The molecule has 0 spiro atoms. The van der Waals surface area contributed by atoms with Crippen LogP contribution in [0.5, 0.6) is 0 Å². The van der Waals surface area contributed by atoms with Crippen molar-refractivity contribution in [2.75, 3.05) is 5.88 Å². The predicted molar refractivity (Wildman–Crippen MR) is 60.1 cm³/mol. The highest BCUT2D eigenvalue weighted by molar-refractivity contribution is 6.17. The van der Waals surface area contributed by atoms with Crippen molar-refractivity contribution in [3.8, 4) is 0 Å². The molecular formula is C11H18ClNO2. The van der Waals surface area contributed by atoms with E-state index in [1.807, 2.05) is 20.8 Å². The van der Waals surface area contributed by atoms with Crippen LogP contribution >= 0.6 is 11.6 Å². The van der Waals surface area contributed by atoms with Crippen LogP contribution in [0.2, 0.25) is 0 Å². The molecular weight excluding hydrogens is 214 g/mol. The summed E-state index contributed by atoms with van der Waals surface area (Å²) in [6.07, 6.45) is 3.40. The molecule has 0 saturated carbocycles. The number of nitrogens with zero attached hydrogens (tertiary/aromatic N) is 1. The molecule has 0 amide bonds. The molecule has 1 rings (SSSR count). The average molecular weight is 232 g/mol. The third-order valence-corrected chi connectivity index (χ3v) is 2.04. The highest BCUT2D eigenvalue weighted by Gasteiger charge is 2.12. The van der Waals surface area contributed by atoms with E-state index in [0.29, 0.717) is 12.5 Å². The first-order chi connectivity index (χ1) is 7.01. The Bertz CT molecular complexity index is 291. The Hall–Kier alpha value is -0.540. The van der Waals surface area contributed by atoms with E-state index >= 15 is 0 Å². The van der Waals surface area contributed by atoms with E-state index < -0.39 is 0 Å². The molecule has 15 heavy (non-hydrogen) atoms. The number of alkyl halides is 1. The van der Waals surface area contributed by atoms with Gasteiger partial charge in [-0.15, -0.1) is 11.6 Å². The van der Waals surface area contributed by atoms with Crippen molar-refractivity contribution >= 4 is 11.6 Å². The molecule has 4 heteroatoms. The molecule has 0 radical (unpaired) electrons. The molecule has 3 nitrogen and oxygen atoms in total. The minimum absolute atomic E-state index is 0.150. The van der Waals surface area contributed by atoms with Crippen molar-refractivity contribution in [1.29, 1.82) is 0 Å². The summed E-state index contributed by atoms with van der Waals surface area (Å²) >= 11 is 5.59. The van der Waals surface area contributed by atoms with Gasteiger partial charge in [-0.25, -0.2) is 4.98 Å². The van der Waals surface area contributed by atoms with Crippen molar-refractivity contribution in [2.24, 2.45) is 0 Å². The SMILES string of the molecule is CC(C)(C)OCc1cnc(CCCCl)o1. The standard InChI is InChI=1S/C11H18ClNO2/c1-11(2,3)14-8-9-7-13-10(15-9)5-4-6-12/h7H,4-6,8H2,1-3H3. The number of hydrogen-bond donors (Lipinski definition) is 0. The summed E-state index contributed by atoms with van der Waals surface area (Å²) in [6, 6.07) is 0. The van der Waals surface area contributed by atoms with Gasteiger partial charge in [0.25, 0.3) is 0 Å². The number of aromatic nitrogens is 1. The average Bonchev–Trinajstić information content (AvgIpc) is 2.58. The van der Waals surface area contributed by atoms with E-state index in [0.717, 1.165) is 24.5 Å². The maximum absolute atomic E-state index is 5.59. The van der Waals surface area contributed by atoms with E-state index in [4.69, 9.17) is 20.8 Å². The predicted octanol–water partition coefficient (Wildman–Crippen LogP) is 3.16. The van der Waals surface area contributed by atoms with E-state index in [1.54, 1.807) is 6.20 Å². The van der Waals surface area contributed by atoms with Gasteiger partial charge < -0.3 is 9.15 Å². The maximum atomic E-state index is 5.59. The summed E-state index contributed by atoms with van der Waals surface area (Å²) in [6.45, 7) is 6.50. The van der Waals surface area contributed by atoms with Crippen LogP contribution < -0.4 is 0 Å². The zero-order valence-corrected chi connectivity index (χ0v) is 10.3. The lowest BCUT2D eigenvalue weighted by Gasteiger charge is -2.18. The fourth-order valence-electron chi connectivity index (χ4n) is 1.04. The van der Waals surface area contributed by atoms with Crippen LogP contribution in [0.25, 0.3) is 0 Å². The molecule has 0 aliphatic carbocycles. The van der Waals surface area contributed by atoms with Crippen molar-refractivity contribution in [3.63, 3.8) is 0 Å². The first-order valence-electron chi connectivity index (χ1n) is 5.15. The molecule has 0 atom stereocenters. The number of oxazole rings is 1. The Morgan fingerprint density at radius 3 is 2.80 bits per heavy atom. The Kier molecular flexibility index (Phi) is 4.61. The van der Waals surface area contributed by atoms with Crippen LogP contribution in [0, 0.1) is 0 Å². The molecule has 0 aliphatic heterocycles. The monoisotopic (exact) mass is 231 g/mol. The first-order valence-corrected chi connectivity index (χ1v) is 5.68. The van der Waals surface area contributed by atoms with Gasteiger partial charge in [-0.1, -0.05) is 0 Å². The summed E-state index contributed by atoms with van der Waals surface area (Å²) in [7, 11) is 0. The number of halogens is 1. The summed E-state index contributed by atoms with van der Waals surface area (Å²) in [5, 5.41) is 0. The van der Waals surface area contributed by atoms with Crippen molar-refractivity contribution in [1.82, 2.24) is 4.98 Å². The van der Waals surface area contributed by atoms with Crippen molar-refractivity contribution < 1.29 is 9.15 Å².